The van der Waals surface area contributed by atoms with Gasteiger partial charge in [0.15, 0.2) is 0 Å². The van der Waals surface area contributed by atoms with Gasteiger partial charge in [-0.2, -0.15) is 0 Å². The normalized spacial score (nSPS) is 19.9. The van der Waals surface area contributed by atoms with Crippen LogP contribution in [0.1, 0.15) is 12.8 Å². The minimum absolute atomic E-state index is 0.0566. The minimum atomic E-state index is -3.52. The third-order valence-electron chi connectivity index (χ3n) is 6.44. The summed E-state index contributed by atoms with van der Waals surface area (Å²) in [4.78, 5) is 29.6. The highest BCUT2D eigenvalue weighted by Gasteiger charge is 2.33. The van der Waals surface area contributed by atoms with Gasteiger partial charge in [0, 0.05) is 48.9 Å². The molecule has 3 amide bonds. The summed E-state index contributed by atoms with van der Waals surface area (Å²) >= 11 is 0. The number of rotatable bonds is 2. The second-order valence-electron chi connectivity index (χ2n) is 8.34. The molecule has 0 aromatic heterocycles. The fourth-order valence-electron chi connectivity index (χ4n) is 4.67. The van der Waals surface area contributed by atoms with E-state index in [0.29, 0.717) is 73.9 Å². The summed E-state index contributed by atoms with van der Waals surface area (Å²) in [6.45, 7) is 3.45. The summed E-state index contributed by atoms with van der Waals surface area (Å²) in [5, 5.41) is 2.89. The van der Waals surface area contributed by atoms with Crippen molar-refractivity contribution < 1.29 is 22.7 Å². The predicted molar refractivity (Wildman–Crippen MR) is 118 cm³/mol. The number of nitrogens with one attached hydrogen (secondary N) is 1. The van der Waals surface area contributed by atoms with Crippen molar-refractivity contribution >= 4 is 27.5 Å². The Bertz CT molecular complexity index is 1170. The number of benzene rings is 2. The number of anilines is 1. The van der Waals surface area contributed by atoms with Crippen LogP contribution in [-0.4, -0.2) is 69.5 Å². The van der Waals surface area contributed by atoms with Crippen LogP contribution in [0.5, 0.6) is 0 Å². The van der Waals surface area contributed by atoms with Crippen LogP contribution in [0.15, 0.2) is 52.3 Å². The maximum absolute atomic E-state index is 12.8. The van der Waals surface area contributed by atoms with Gasteiger partial charge >= 0.3 is 6.03 Å². The molecule has 9 heteroatoms. The molecule has 3 aliphatic rings. The lowest BCUT2D eigenvalue weighted by Crippen LogP contribution is -2.48. The molecule has 0 aliphatic carbocycles. The highest BCUT2D eigenvalue weighted by atomic mass is 32.2. The Hall–Kier alpha value is -2.91. The number of piperidine rings is 1. The Morgan fingerprint density at radius 2 is 1.56 bits per heavy atom. The van der Waals surface area contributed by atoms with Crippen molar-refractivity contribution in [3.8, 4) is 11.1 Å². The van der Waals surface area contributed by atoms with Crippen LogP contribution < -0.4 is 5.32 Å². The summed E-state index contributed by atoms with van der Waals surface area (Å²) in [6.07, 6.45) is 1.28. The zero-order chi connectivity index (χ0) is 22.3. The van der Waals surface area contributed by atoms with Gasteiger partial charge in [0.25, 0.3) is 0 Å². The molecule has 0 atom stereocenters. The molecule has 32 heavy (non-hydrogen) atoms. The van der Waals surface area contributed by atoms with E-state index in [2.05, 4.69) is 5.32 Å². The molecule has 2 aromatic rings. The van der Waals surface area contributed by atoms with Crippen LogP contribution in [0.2, 0.25) is 0 Å². The van der Waals surface area contributed by atoms with Gasteiger partial charge in [-0.15, -0.1) is 0 Å². The van der Waals surface area contributed by atoms with Crippen molar-refractivity contribution in [3.05, 3.63) is 42.5 Å². The topological polar surface area (TPSA) is 96.0 Å². The van der Waals surface area contributed by atoms with Crippen LogP contribution in [0.3, 0.4) is 0 Å². The number of fused-ring (bicyclic) bond motifs is 3. The van der Waals surface area contributed by atoms with Gasteiger partial charge in [-0.05, 0) is 37.1 Å². The molecular weight excluding hydrogens is 430 g/mol. The monoisotopic (exact) mass is 455 g/mol. The molecule has 0 saturated carbocycles. The second kappa shape index (κ2) is 8.22. The quantitative estimate of drug-likeness (QED) is 0.641. The summed E-state index contributed by atoms with van der Waals surface area (Å²) in [5.74, 6) is 0.103. The maximum atomic E-state index is 12.8. The number of likely N-dealkylation sites (tertiary alicyclic amines) is 1. The predicted octanol–water partition coefficient (Wildman–Crippen LogP) is 2.60. The Kier molecular flexibility index (Phi) is 5.38. The third kappa shape index (κ3) is 3.65. The number of amides is 3. The lowest BCUT2D eigenvalue weighted by atomic mass is 9.95. The zero-order valence-electron chi connectivity index (χ0n) is 17.6. The van der Waals surface area contributed by atoms with Crippen molar-refractivity contribution in [2.45, 2.75) is 22.6 Å². The lowest BCUT2D eigenvalue weighted by Gasteiger charge is -2.35. The molecule has 3 aliphatic heterocycles. The fourth-order valence-corrected chi connectivity index (χ4v) is 6.34. The van der Waals surface area contributed by atoms with Crippen molar-refractivity contribution in [1.82, 2.24) is 9.80 Å². The van der Waals surface area contributed by atoms with E-state index < -0.39 is 9.84 Å². The first-order valence-electron chi connectivity index (χ1n) is 10.9. The molecule has 2 fully saturated rings. The molecule has 0 bridgehead atoms. The SMILES string of the molecule is O=C(Nc1ccc2c(c1)-c1ccccc1S2(=O)=O)N1CCC(C(=O)N2CCOCC2)CC1. The molecule has 2 aromatic carbocycles. The maximum Gasteiger partial charge on any atom is 0.321 e. The molecule has 8 nitrogen and oxygen atoms in total. The van der Waals surface area contributed by atoms with Gasteiger partial charge in [-0.3, -0.25) is 4.79 Å². The van der Waals surface area contributed by atoms with Gasteiger partial charge in [0.2, 0.25) is 15.7 Å². The molecule has 5 rings (SSSR count). The van der Waals surface area contributed by atoms with Crippen LogP contribution in [-0.2, 0) is 19.4 Å². The molecule has 0 unspecified atom stereocenters. The molecule has 168 valence electrons. The fraction of sp³-hybridized carbons (Fsp3) is 0.391. The first-order valence-corrected chi connectivity index (χ1v) is 12.3. The summed E-state index contributed by atoms with van der Waals surface area (Å²) < 4.78 is 30.8. The number of hydrogen-bond donors (Lipinski definition) is 1. The van der Waals surface area contributed by atoms with Crippen LogP contribution in [0, 0.1) is 5.92 Å². The van der Waals surface area contributed by atoms with Crippen molar-refractivity contribution in [3.63, 3.8) is 0 Å². The molecule has 2 saturated heterocycles. The van der Waals surface area contributed by atoms with E-state index in [4.69, 9.17) is 4.74 Å². The number of nitrogens with zero attached hydrogens (tertiary/aromatic N) is 2. The largest absolute Gasteiger partial charge is 0.378 e. The number of hydrogen-bond acceptors (Lipinski definition) is 5. The second-order valence-corrected chi connectivity index (χ2v) is 10.2. The first kappa shape index (κ1) is 21.0. The molecule has 0 spiro atoms. The molecule has 0 radical (unpaired) electrons. The van der Waals surface area contributed by atoms with Crippen molar-refractivity contribution in [2.24, 2.45) is 5.92 Å². The number of carbonyl (C=O) groups is 2. The number of morpholine rings is 1. The Labute approximate surface area is 187 Å². The average molecular weight is 456 g/mol. The average Bonchev–Trinajstić information content (AvgIpc) is 3.06. The van der Waals surface area contributed by atoms with Gasteiger partial charge in [0.1, 0.15) is 0 Å². The Balaban J connectivity index is 1.24. The van der Waals surface area contributed by atoms with Gasteiger partial charge in [-0.1, -0.05) is 18.2 Å². The lowest BCUT2D eigenvalue weighted by molar-refractivity contribution is -0.140. The first-order chi connectivity index (χ1) is 15.4. The smallest absolute Gasteiger partial charge is 0.321 e. The molecule has 1 N–H and O–H groups in total. The van der Waals surface area contributed by atoms with Crippen molar-refractivity contribution in [1.29, 1.82) is 0 Å². The van der Waals surface area contributed by atoms with E-state index in [1.54, 1.807) is 47.4 Å². The third-order valence-corrected chi connectivity index (χ3v) is 8.31. The van der Waals surface area contributed by atoms with Crippen LogP contribution in [0.4, 0.5) is 10.5 Å². The number of carbonyl (C=O) groups excluding carboxylic acids is 2. The minimum Gasteiger partial charge on any atom is -0.378 e. The summed E-state index contributed by atoms with van der Waals surface area (Å²) in [7, 11) is -3.52. The number of sulfone groups is 1. The van der Waals surface area contributed by atoms with E-state index in [1.807, 2.05) is 4.90 Å². The zero-order valence-corrected chi connectivity index (χ0v) is 18.4. The van der Waals surface area contributed by atoms with Gasteiger partial charge in [0.05, 0.1) is 23.0 Å². The highest BCUT2D eigenvalue weighted by molar-refractivity contribution is 7.92. The Morgan fingerprint density at radius 1 is 0.875 bits per heavy atom. The number of urea groups is 1. The van der Waals surface area contributed by atoms with E-state index in [9.17, 15) is 18.0 Å². The molecular formula is C23H25N3O5S. The molecule has 3 heterocycles. The Morgan fingerprint density at radius 3 is 2.31 bits per heavy atom. The van der Waals surface area contributed by atoms with Crippen molar-refractivity contribution in [2.75, 3.05) is 44.7 Å². The van der Waals surface area contributed by atoms with Crippen LogP contribution in [0.25, 0.3) is 11.1 Å². The van der Waals surface area contributed by atoms with Crippen LogP contribution >= 0.6 is 0 Å². The van der Waals surface area contributed by atoms with Gasteiger partial charge < -0.3 is 19.9 Å². The van der Waals surface area contributed by atoms with Gasteiger partial charge in [-0.25, -0.2) is 13.2 Å². The summed E-state index contributed by atoms with van der Waals surface area (Å²) in [6, 6.07) is 11.5. The van der Waals surface area contributed by atoms with E-state index in [-0.39, 0.29) is 22.8 Å². The summed E-state index contributed by atoms with van der Waals surface area (Å²) in [5.41, 5.74) is 1.81. The number of ether oxygens (including phenoxy) is 1. The standard InChI is InChI=1S/C23H25N3O5S/c27-22(25-11-13-31-14-12-25)16-7-9-26(10-8-16)23(28)24-17-5-6-21-19(15-17)18-3-1-2-4-20(18)32(21,29)30/h1-6,15-16H,7-14H2,(H,24,28). The van der Waals surface area contributed by atoms with E-state index in [0.717, 1.165) is 0 Å². The van der Waals surface area contributed by atoms with E-state index >= 15 is 0 Å². The highest BCUT2D eigenvalue weighted by Crippen LogP contribution is 2.43. The van der Waals surface area contributed by atoms with E-state index in [1.165, 1.54) is 0 Å².